The van der Waals surface area contributed by atoms with E-state index in [1.165, 1.54) is 29.8 Å². The van der Waals surface area contributed by atoms with Crippen molar-refractivity contribution in [2.45, 2.75) is 19.3 Å². The molecule has 0 N–H and O–H groups in total. The SMILES string of the molecule is O=C(CCc1ccc2c(c1)CCO2)c1ccc(F)cc1. The van der Waals surface area contributed by atoms with E-state index in [-0.39, 0.29) is 11.6 Å². The maximum absolute atomic E-state index is 12.8. The van der Waals surface area contributed by atoms with Crippen LogP contribution in [0.1, 0.15) is 27.9 Å². The highest BCUT2D eigenvalue weighted by Crippen LogP contribution is 2.26. The number of carbonyl (C=O) groups is 1. The first-order valence-electron chi connectivity index (χ1n) is 6.76. The minimum Gasteiger partial charge on any atom is -0.493 e. The number of ether oxygens (including phenoxy) is 1. The summed E-state index contributed by atoms with van der Waals surface area (Å²) in [6, 6.07) is 11.8. The summed E-state index contributed by atoms with van der Waals surface area (Å²) >= 11 is 0. The molecule has 0 fully saturated rings. The van der Waals surface area contributed by atoms with Crippen LogP contribution in [0.2, 0.25) is 0 Å². The van der Waals surface area contributed by atoms with E-state index in [4.69, 9.17) is 4.74 Å². The van der Waals surface area contributed by atoms with Crippen molar-refractivity contribution in [1.29, 1.82) is 0 Å². The Morgan fingerprint density at radius 2 is 1.95 bits per heavy atom. The molecule has 0 aromatic heterocycles. The number of hydrogen-bond acceptors (Lipinski definition) is 2. The molecule has 0 atom stereocenters. The van der Waals surface area contributed by atoms with Crippen LogP contribution < -0.4 is 4.74 Å². The van der Waals surface area contributed by atoms with E-state index in [0.717, 1.165) is 24.3 Å². The first kappa shape index (κ1) is 12.9. The van der Waals surface area contributed by atoms with Crippen LogP contribution in [0.25, 0.3) is 0 Å². The van der Waals surface area contributed by atoms with Crippen molar-refractivity contribution in [3.8, 4) is 5.75 Å². The average Bonchev–Trinajstić information content (AvgIpc) is 2.93. The first-order chi connectivity index (χ1) is 9.72. The van der Waals surface area contributed by atoms with Crippen molar-refractivity contribution < 1.29 is 13.9 Å². The van der Waals surface area contributed by atoms with Crippen molar-refractivity contribution in [3.63, 3.8) is 0 Å². The van der Waals surface area contributed by atoms with Gasteiger partial charge in [-0.2, -0.15) is 0 Å². The topological polar surface area (TPSA) is 26.3 Å². The van der Waals surface area contributed by atoms with Gasteiger partial charge < -0.3 is 4.74 Å². The lowest BCUT2D eigenvalue weighted by molar-refractivity contribution is 0.0983. The number of ketones is 1. The third-order valence-electron chi connectivity index (χ3n) is 3.56. The molecule has 2 nitrogen and oxygen atoms in total. The zero-order valence-corrected chi connectivity index (χ0v) is 11.1. The highest BCUT2D eigenvalue weighted by Gasteiger charge is 2.13. The van der Waals surface area contributed by atoms with Crippen LogP contribution >= 0.6 is 0 Å². The second-order valence-corrected chi connectivity index (χ2v) is 4.97. The number of carbonyl (C=O) groups excluding carboxylic acids is 1. The minimum absolute atomic E-state index is 0.0433. The second-order valence-electron chi connectivity index (χ2n) is 4.97. The second kappa shape index (κ2) is 5.45. The number of benzene rings is 2. The van der Waals surface area contributed by atoms with E-state index in [1.54, 1.807) is 0 Å². The molecular weight excluding hydrogens is 255 g/mol. The number of aryl methyl sites for hydroxylation is 1. The Kier molecular flexibility index (Phi) is 3.50. The molecule has 3 rings (SSSR count). The van der Waals surface area contributed by atoms with Crippen LogP contribution in [0, 0.1) is 5.82 Å². The van der Waals surface area contributed by atoms with Crippen LogP contribution in [0.5, 0.6) is 5.75 Å². The van der Waals surface area contributed by atoms with Gasteiger partial charge >= 0.3 is 0 Å². The zero-order chi connectivity index (χ0) is 13.9. The van der Waals surface area contributed by atoms with Gasteiger partial charge in [0.1, 0.15) is 11.6 Å². The zero-order valence-electron chi connectivity index (χ0n) is 11.1. The van der Waals surface area contributed by atoms with E-state index in [0.29, 0.717) is 18.4 Å². The fourth-order valence-corrected chi connectivity index (χ4v) is 2.43. The van der Waals surface area contributed by atoms with E-state index in [1.807, 2.05) is 12.1 Å². The van der Waals surface area contributed by atoms with Gasteiger partial charge in [-0.15, -0.1) is 0 Å². The molecule has 0 amide bonds. The van der Waals surface area contributed by atoms with Gasteiger partial charge in [0, 0.05) is 18.4 Å². The lowest BCUT2D eigenvalue weighted by Gasteiger charge is -2.04. The van der Waals surface area contributed by atoms with Gasteiger partial charge in [0.25, 0.3) is 0 Å². The van der Waals surface area contributed by atoms with Gasteiger partial charge in [-0.3, -0.25) is 4.79 Å². The van der Waals surface area contributed by atoms with Gasteiger partial charge in [0.15, 0.2) is 5.78 Å². The number of hydrogen-bond donors (Lipinski definition) is 0. The molecule has 0 saturated heterocycles. The molecule has 0 unspecified atom stereocenters. The van der Waals surface area contributed by atoms with Gasteiger partial charge in [-0.05, 0) is 47.9 Å². The van der Waals surface area contributed by atoms with Crippen LogP contribution in [0.15, 0.2) is 42.5 Å². The van der Waals surface area contributed by atoms with Crippen LogP contribution in [-0.4, -0.2) is 12.4 Å². The third kappa shape index (κ3) is 2.72. The van der Waals surface area contributed by atoms with Crippen LogP contribution in [0.4, 0.5) is 4.39 Å². The molecule has 2 aromatic rings. The fourth-order valence-electron chi connectivity index (χ4n) is 2.43. The summed E-state index contributed by atoms with van der Waals surface area (Å²) in [4.78, 5) is 12.0. The quantitative estimate of drug-likeness (QED) is 0.794. The summed E-state index contributed by atoms with van der Waals surface area (Å²) in [5.74, 6) is 0.681. The molecule has 20 heavy (non-hydrogen) atoms. The molecule has 0 saturated carbocycles. The monoisotopic (exact) mass is 270 g/mol. The summed E-state index contributed by atoms with van der Waals surface area (Å²) in [7, 11) is 0. The Labute approximate surface area is 117 Å². The van der Waals surface area contributed by atoms with E-state index in [2.05, 4.69) is 6.07 Å². The van der Waals surface area contributed by atoms with Gasteiger partial charge in [0.05, 0.1) is 6.61 Å². The highest BCUT2D eigenvalue weighted by atomic mass is 19.1. The van der Waals surface area contributed by atoms with Crippen molar-refractivity contribution in [1.82, 2.24) is 0 Å². The fraction of sp³-hybridized carbons (Fsp3) is 0.235. The lowest BCUT2D eigenvalue weighted by atomic mass is 10.0. The first-order valence-corrected chi connectivity index (χ1v) is 6.76. The van der Waals surface area contributed by atoms with Crippen molar-refractivity contribution in [3.05, 3.63) is 65.0 Å². The Bertz CT molecular complexity index is 632. The predicted octanol–water partition coefficient (Wildman–Crippen LogP) is 3.58. The molecule has 3 heteroatoms. The maximum Gasteiger partial charge on any atom is 0.163 e. The van der Waals surface area contributed by atoms with E-state index >= 15 is 0 Å². The highest BCUT2D eigenvalue weighted by molar-refractivity contribution is 5.96. The molecule has 1 aliphatic heterocycles. The molecule has 0 bridgehead atoms. The number of halogens is 1. The third-order valence-corrected chi connectivity index (χ3v) is 3.56. The van der Waals surface area contributed by atoms with Gasteiger partial charge in [-0.1, -0.05) is 12.1 Å². The summed E-state index contributed by atoms with van der Waals surface area (Å²) in [5, 5.41) is 0. The normalized spacial score (nSPS) is 12.8. The molecule has 102 valence electrons. The number of fused-ring (bicyclic) bond motifs is 1. The number of Topliss-reactive ketones (excluding diaryl/α,β-unsaturated/α-hetero) is 1. The summed E-state index contributed by atoms with van der Waals surface area (Å²) < 4.78 is 18.3. The molecular formula is C17H15FO2. The summed E-state index contributed by atoms with van der Waals surface area (Å²) in [6.45, 7) is 0.743. The van der Waals surface area contributed by atoms with E-state index in [9.17, 15) is 9.18 Å². The van der Waals surface area contributed by atoms with Crippen LogP contribution in [0.3, 0.4) is 0 Å². The van der Waals surface area contributed by atoms with Crippen molar-refractivity contribution >= 4 is 5.78 Å². The molecule has 2 aromatic carbocycles. The van der Waals surface area contributed by atoms with E-state index < -0.39 is 0 Å². The van der Waals surface area contributed by atoms with Crippen molar-refractivity contribution in [2.24, 2.45) is 0 Å². The number of rotatable bonds is 4. The Balaban J connectivity index is 1.64. The summed E-state index contributed by atoms with van der Waals surface area (Å²) in [6.07, 6.45) is 2.07. The maximum atomic E-state index is 12.8. The average molecular weight is 270 g/mol. The Hall–Kier alpha value is -2.16. The molecule has 0 aliphatic carbocycles. The van der Waals surface area contributed by atoms with Gasteiger partial charge in [0.2, 0.25) is 0 Å². The predicted molar refractivity (Wildman–Crippen MR) is 74.7 cm³/mol. The minimum atomic E-state index is -0.319. The van der Waals surface area contributed by atoms with Crippen molar-refractivity contribution in [2.75, 3.05) is 6.61 Å². The Morgan fingerprint density at radius 3 is 2.75 bits per heavy atom. The smallest absolute Gasteiger partial charge is 0.163 e. The molecule has 0 spiro atoms. The molecule has 1 heterocycles. The summed E-state index contributed by atoms with van der Waals surface area (Å²) in [5.41, 5.74) is 2.93. The lowest BCUT2D eigenvalue weighted by Crippen LogP contribution is -2.01. The largest absolute Gasteiger partial charge is 0.493 e. The molecule has 0 radical (unpaired) electrons. The van der Waals surface area contributed by atoms with Gasteiger partial charge in [-0.25, -0.2) is 4.39 Å². The standard InChI is InChI=1S/C17H15FO2/c18-15-5-3-13(4-6-15)16(19)7-1-12-2-8-17-14(11-12)9-10-20-17/h2-6,8,11H,1,7,9-10H2. The Morgan fingerprint density at radius 1 is 1.15 bits per heavy atom. The van der Waals surface area contributed by atoms with Crippen LogP contribution in [-0.2, 0) is 12.8 Å². The molecule has 1 aliphatic rings.